The van der Waals surface area contributed by atoms with E-state index in [0.717, 1.165) is 0 Å². The fraction of sp³-hybridized carbons (Fsp3) is 1.00. The molecule has 0 saturated carbocycles. The molecule has 0 aromatic carbocycles. The van der Waals surface area contributed by atoms with E-state index in [4.69, 9.17) is 5.11 Å². The topological polar surface area (TPSA) is 78.4 Å². The van der Waals surface area contributed by atoms with Crippen LogP contribution in [0.3, 0.4) is 0 Å². The van der Waals surface area contributed by atoms with Crippen LogP contribution in [0.25, 0.3) is 0 Å². The molecule has 0 heterocycles. The van der Waals surface area contributed by atoms with E-state index in [-0.39, 0.29) is 12.6 Å². The zero-order valence-electron chi connectivity index (χ0n) is 9.16. The van der Waals surface area contributed by atoms with Gasteiger partial charge < -0.3 is 5.11 Å². The van der Waals surface area contributed by atoms with Crippen LogP contribution < -0.4 is 9.44 Å². The highest BCUT2D eigenvalue weighted by Crippen LogP contribution is 2.01. The highest BCUT2D eigenvalue weighted by Gasteiger charge is 2.20. The molecule has 1 unspecified atom stereocenters. The van der Waals surface area contributed by atoms with E-state index < -0.39 is 15.7 Å². The van der Waals surface area contributed by atoms with E-state index in [2.05, 4.69) is 9.44 Å². The molecule has 0 bridgehead atoms. The molecule has 1 atom stereocenters. The maximum atomic E-state index is 11.4. The van der Waals surface area contributed by atoms with Crippen LogP contribution in [0.15, 0.2) is 0 Å². The van der Waals surface area contributed by atoms with Crippen molar-refractivity contribution in [3.8, 4) is 0 Å². The molecule has 5 nitrogen and oxygen atoms in total. The Kier molecular flexibility index (Phi) is 5.00. The van der Waals surface area contributed by atoms with E-state index in [9.17, 15) is 8.42 Å². The summed E-state index contributed by atoms with van der Waals surface area (Å²) in [6, 6.07) is -0.264. The highest BCUT2D eigenvalue weighted by molar-refractivity contribution is 7.87. The summed E-state index contributed by atoms with van der Waals surface area (Å²) >= 11 is 0. The Labute approximate surface area is 86.1 Å². The number of rotatable bonds is 5. The lowest BCUT2D eigenvalue weighted by atomic mass is 10.1. The van der Waals surface area contributed by atoms with Gasteiger partial charge in [-0.15, -0.1) is 0 Å². The van der Waals surface area contributed by atoms with E-state index in [1.165, 1.54) is 0 Å². The Balaban J connectivity index is 4.22. The fourth-order valence-corrected chi connectivity index (χ4v) is 2.46. The SMILES string of the molecule is CC(CCO)NS(=O)(=O)NC(C)(C)C. The largest absolute Gasteiger partial charge is 0.396 e. The Morgan fingerprint density at radius 2 is 1.86 bits per heavy atom. The standard InChI is InChI=1S/C8H20N2O3S/c1-7(5-6-11)9-14(12,13)10-8(2,3)4/h7,9-11H,5-6H2,1-4H3. The zero-order valence-corrected chi connectivity index (χ0v) is 9.98. The van der Waals surface area contributed by atoms with Gasteiger partial charge in [0.05, 0.1) is 0 Å². The minimum absolute atomic E-state index is 0.0286. The molecular formula is C8H20N2O3S. The summed E-state index contributed by atoms with van der Waals surface area (Å²) < 4.78 is 27.7. The molecule has 0 aromatic rings. The average Bonchev–Trinajstić information content (AvgIpc) is 1.78. The first-order chi connectivity index (χ1) is 6.16. The monoisotopic (exact) mass is 224 g/mol. The number of aliphatic hydroxyl groups is 1. The molecule has 14 heavy (non-hydrogen) atoms. The molecule has 0 aromatic heterocycles. The third-order valence-corrected chi connectivity index (χ3v) is 2.95. The Bertz CT molecular complexity index is 256. The highest BCUT2D eigenvalue weighted by atomic mass is 32.2. The maximum Gasteiger partial charge on any atom is 0.277 e. The van der Waals surface area contributed by atoms with Gasteiger partial charge in [0, 0.05) is 18.2 Å². The van der Waals surface area contributed by atoms with E-state index in [1.807, 2.05) is 0 Å². The Morgan fingerprint density at radius 1 is 1.36 bits per heavy atom. The minimum atomic E-state index is -3.47. The summed E-state index contributed by atoms with van der Waals surface area (Å²) in [7, 11) is -3.47. The molecule has 6 heteroatoms. The van der Waals surface area contributed by atoms with Crippen LogP contribution in [-0.4, -0.2) is 31.7 Å². The Morgan fingerprint density at radius 3 is 2.21 bits per heavy atom. The maximum absolute atomic E-state index is 11.4. The molecule has 0 aliphatic carbocycles. The molecule has 0 radical (unpaired) electrons. The first kappa shape index (κ1) is 13.8. The third kappa shape index (κ3) is 7.25. The van der Waals surface area contributed by atoms with Crippen LogP contribution in [0.4, 0.5) is 0 Å². The van der Waals surface area contributed by atoms with Crippen molar-refractivity contribution in [2.45, 2.75) is 45.7 Å². The van der Waals surface area contributed by atoms with Crippen LogP contribution in [0.2, 0.25) is 0 Å². The summed E-state index contributed by atoms with van der Waals surface area (Å²) in [5.41, 5.74) is -0.495. The first-order valence-corrected chi connectivity index (χ1v) is 6.07. The van der Waals surface area contributed by atoms with Crippen molar-refractivity contribution in [2.75, 3.05) is 6.61 Å². The van der Waals surface area contributed by atoms with Gasteiger partial charge in [-0.1, -0.05) is 0 Å². The number of hydrogen-bond acceptors (Lipinski definition) is 3. The molecule has 0 saturated heterocycles. The fourth-order valence-electron chi connectivity index (χ4n) is 0.950. The number of aliphatic hydroxyl groups excluding tert-OH is 1. The van der Waals surface area contributed by atoms with E-state index in [0.29, 0.717) is 6.42 Å². The predicted octanol–water partition coefficient (Wildman–Crippen LogP) is -0.0202. The lowest BCUT2D eigenvalue weighted by Gasteiger charge is -2.22. The van der Waals surface area contributed by atoms with E-state index >= 15 is 0 Å². The van der Waals surface area contributed by atoms with Gasteiger partial charge >= 0.3 is 0 Å². The lowest BCUT2D eigenvalue weighted by molar-refractivity contribution is 0.275. The van der Waals surface area contributed by atoms with Crippen LogP contribution in [0.1, 0.15) is 34.1 Å². The van der Waals surface area contributed by atoms with Gasteiger partial charge in [0.25, 0.3) is 10.2 Å². The van der Waals surface area contributed by atoms with Crippen molar-refractivity contribution < 1.29 is 13.5 Å². The number of hydrogen-bond donors (Lipinski definition) is 3. The second kappa shape index (κ2) is 5.06. The van der Waals surface area contributed by atoms with Gasteiger partial charge in [-0.3, -0.25) is 0 Å². The Hall–Kier alpha value is -0.170. The molecule has 0 rings (SSSR count). The molecule has 0 spiro atoms. The van der Waals surface area contributed by atoms with Gasteiger partial charge in [-0.2, -0.15) is 17.9 Å². The second-order valence-corrected chi connectivity index (χ2v) is 5.83. The van der Waals surface area contributed by atoms with E-state index in [1.54, 1.807) is 27.7 Å². The third-order valence-electron chi connectivity index (χ3n) is 1.36. The molecule has 0 fully saturated rings. The van der Waals surface area contributed by atoms with Crippen molar-refractivity contribution >= 4 is 10.2 Å². The molecule has 0 aliphatic rings. The molecular weight excluding hydrogens is 204 g/mol. The molecule has 86 valence electrons. The van der Waals surface area contributed by atoms with Crippen LogP contribution in [0.5, 0.6) is 0 Å². The zero-order chi connectivity index (χ0) is 11.4. The van der Waals surface area contributed by atoms with Crippen LogP contribution in [-0.2, 0) is 10.2 Å². The predicted molar refractivity (Wildman–Crippen MR) is 56.1 cm³/mol. The smallest absolute Gasteiger partial charge is 0.277 e. The normalized spacial score (nSPS) is 15.5. The molecule has 0 amide bonds. The first-order valence-electron chi connectivity index (χ1n) is 4.58. The minimum Gasteiger partial charge on any atom is -0.396 e. The summed E-state index contributed by atoms with van der Waals surface area (Å²) in [5.74, 6) is 0. The summed E-state index contributed by atoms with van der Waals surface area (Å²) in [6.07, 6.45) is 0.408. The lowest BCUT2D eigenvalue weighted by Crippen LogP contribution is -2.49. The van der Waals surface area contributed by atoms with Crippen molar-refractivity contribution in [1.29, 1.82) is 0 Å². The summed E-state index contributed by atoms with van der Waals surface area (Å²) in [6.45, 7) is 6.98. The van der Waals surface area contributed by atoms with Crippen molar-refractivity contribution in [3.63, 3.8) is 0 Å². The summed E-state index contributed by atoms with van der Waals surface area (Å²) in [5, 5.41) is 8.61. The van der Waals surface area contributed by atoms with Crippen molar-refractivity contribution in [3.05, 3.63) is 0 Å². The average molecular weight is 224 g/mol. The van der Waals surface area contributed by atoms with Gasteiger partial charge in [0.1, 0.15) is 0 Å². The molecule has 0 aliphatic heterocycles. The van der Waals surface area contributed by atoms with Gasteiger partial charge in [0.15, 0.2) is 0 Å². The van der Waals surface area contributed by atoms with Gasteiger partial charge in [-0.05, 0) is 34.1 Å². The second-order valence-electron chi connectivity index (χ2n) is 4.39. The number of nitrogens with one attached hydrogen (secondary N) is 2. The summed E-state index contributed by atoms with van der Waals surface area (Å²) in [4.78, 5) is 0. The molecule has 3 N–H and O–H groups in total. The van der Waals surface area contributed by atoms with Crippen LogP contribution >= 0.6 is 0 Å². The van der Waals surface area contributed by atoms with Crippen molar-refractivity contribution in [2.24, 2.45) is 0 Å². The van der Waals surface area contributed by atoms with Crippen molar-refractivity contribution in [1.82, 2.24) is 9.44 Å². The van der Waals surface area contributed by atoms with Gasteiger partial charge in [-0.25, -0.2) is 0 Å². The quantitative estimate of drug-likeness (QED) is 0.614. The van der Waals surface area contributed by atoms with Crippen LogP contribution in [0, 0.1) is 0 Å². The van der Waals surface area contributed by atoms with Gasteiger partial charge in [0.2, 0.25) is 0 Å².